The molecular formula is C26H25N5O3S. The third-order valence-corrected chi connectivity index (χ3v) is 6.83. The lowest BCUT2D eigenvalue weighted by molar-refractivity contribution is -0.116. The standard InChI is InChI=1S/C26H25N5O3S/c1-3-34-20-14-12-17(13-15-20)22-23(25(32)27-19-10-7-11-21(16-19)33-2)35-26-29-28-24(31(26)30-22)18-8-5-4-6-9-18/h4-16,22-23,30H,3H2,1-2H3,(H,27,32)/t22-,23+/m0/s1. The normalized spacial score (nSPS) is 16.6. The first-order valence-electron chi connectivity index (χ1n) is 11.3. The highest BCUT2D eigenvalue weighted by molar-refractivity contribution is 8.00. The van der Waals surface area contributed by atoms with Gasteiger partial charge in [0.1, 0.15) is 16.7 Å². The molecule has 3 aromatic carbocycles. The van der Waals surface area contributed by atoms with Gasteiger partial charge in [0.05, 0.1) is 19.8 Å². The average Bonchev–Trinajstić information content (AvgIpc) is 3.32. The number of rotatable bonds is 7. The lowest BCUT2D eigenvalue weighted by atomic mass is 10.0. The molecule has 35 heavy (non-hydrogen) atoms. The van der Waals surface area contributed by atoms with E-state index in [1.807, 2.05) is 84.4 Å². The van der Waals surface area contributed by atoms with E-state index in [1.165, 1.54) is 11.8 Å². The molecular weight excluding hydrogens is 462 g/mol. The summed E-state index contributed by atoms with van der Waals surface area (Å²) in [6, 6.07) is 24.6. The number of carbonyl (C=O) groups excluding carboxylic acids is 1. The van der Waals surface area contributed by atoms with Crippen LogP contribution >= 0.6 is 11.8 Å². The summed E-state index contributed by atoms with van der Waals surface area (Å²) in [6.45, 7) is 2.54. The van der Waals surface area contributed by atoms with E-state index in [2.05, 4.69) is 20.9 Å². The van der Waals surface area contributed by atoms with Crippen LogP contribution in [0.4, 0.5) is 5.69 Å². The number of anilines is 1. The number of nitrogens with zero attached hydrogens (tertiary/aromatic N) is 3. The molecule has 0 saturated carbocycles. The van der Waals surface area contributed by atoms with Crippen molar-refractivity contribution in [1.29, 1.82) is 0 Å². The van der Waals surface area contributed by atoms with Gasteiger partial charge in [-0.3, -0.25) is 4.79 Å². The van der Waals surface area contributed by atoms with E-state index in [0.717, 1.165) is 16.9 Å². The van der Waals surface area contributed by atoms with Crippen LogP contribution in [-0.4, -0.2) is 39.7 Å². The topological polar surface area (TPSA) is 90.3 Å². The molecule has 2 atom stereocenters. The second-order valence-corrected chi connectivity index (χ2v) is 8.98. The van der Waals surface area contributed by atoms with Crippen LogP contribution < -0.4 is 20.2 Å². The average molecular weight is 488 g/mol. The van der Waals surface area contributed by atoms with E-state index in [-0.39, 0.29) is 11.9 Å². The second-order valence-electron chi connectivity index (χ2n) is 7.88. The summed E-state index contributed by atoms with van der Waals surface area (Å²) in [5.41, 5.74) is 6.04. The fourth-order valence-electron chi connectivity index (χ4n) is 3.93. The number of hydrogen-bond acceptors (Lipinski definition) is 7. The van der Waals surface area contributed by atoms with E-state index >= 15 is 0 Å². The summed E-state index contributed by atoms with van der Waals surface area (Å²) >= 11 is 1.38. The number of amides is 1. The van der Waals surface area contributed by atoms with Gasteiger partial charge in [-0.05, 0) is 36.8 Å². The zero-order chi connectivity index (χ0) is 24.2. The third kappa shape index (κ3) is 4.81. The summed E-state index contributed by atoms with van der Waals surface area (Å²) < 4.78 is 12.8. The van der Waals surface area contributed by atoms with Crippen molar-refractivity contribution >= 4 is 23.4 Å². The molecule has 1 amide bonds. The molecule has 1 aliphatic rings. The van der Waals surface area contributed by atoms with E-state index in [1.54, 1.807) is 13.2 Å². The van der Waals surface area contributed by atoms with Crippen LogP contribution in [0, 0.1) is 0 Å². The number of ether oxygens (including phenoxy) is 2. The Bertz CT molecular complexity index is 1310. The molecule has 8 nitrogen and oxygen atoms in total. The lowest BCUT2D eigenvalue weighted by Gasteiger charge is -2.33. The number of carbonyl (C=O) groups is 1. The zero-order valence-electron chi connectivity index (χ0n) is 19.3. The van der Waals surface area contributed by atoms with Gasteiger partial charge in [-0.15, -0.1) is 10.2 Å². The first-order chi connectivity index (χ1) is 17.2. The molecule has 178 valence electrons. The van der Waals surface area contributed by atoms with Gasteiger partial charge in [0.25, 0.3) is 0 Å². The van der Waals surface area contributed by atoms with Gasteiger partial charge in [0, 0.05) is 17.3 Å². The summed E-state index contributed by atoms with van der Waals surface area (Å²) in [5, 5.41) is 11.9. The Kier molecular flexibility index (Phi) is 6.58. The SMILES string of the molecule is CCOc1ccc([C@@H]2Nn3c(nnc3-c3ccccc3)S[C@H]2C(=O)Nc2cccc(OC)c2)cc1. The molecule has 0 bridgehead atoms. The van der Waals surface area contributed by atoms with Crippen LogP contribution in [0.15, 0.2) is 84.0 Å². The van der Waals surface area contributed by atoms with Crippen molar-refractivity contribution in [3.8, 4) is 22.9 Å². The first-order valence-corrected chi connectivity index (χ1v) is 12.2. The number of methoxy groups -OCH3 is 1. The monoisotopic (exact) mass is 487 g/mol. The largest absolute Gasteiger partial charge is 0.497 e. The van der Waals surface area contributed by atoms with Crippen molar-refractivity contribution in [2.24, 2.45) is 0 Å². The maximum atomic E-state index is 13.5. The molecule has 5 rings (SSSR count). The van der Waals surface area contributed by atoms with Crippen molar-refractivity contribution in [2.45, 2.75) is 23.4 Å². The Hall–Kier alpha value is -3.98. The number of thioether (sulfide) groups is 1. The molecule has 0 saturated heterocycles. The molecule has 1 aliphatic heterocycles. The molecule has 0 spiro atoms. The molecule has 0 unspecified atom stereocenters. The fraction of sp³-hybridized carbons (Fsp3) is 0.192. The number of benzene rings is 3. The van der Waals surface area contributed by atoms with E-state index < -0.39 is 5.25 Å². The highest BCUT2D eigenvalue weighted by atomic mass is 32.2. The van der Waals surface area contributed by atoms with Gasteiger partial charge in [-0.2, -0.15) is 0 Å². The van der Waals surface area contributed by atoms with E-state index in [9.17, 15) is 4.79 Å². The Labute approximate surface area is 207 Å². The van der Waals surface area contributed by atoms with Crippen LogP contribution in [0.3, 0.4) is 0 Å². The first kappa shape index (κ1) is 22.8. The van der Waals surface area contributed by atoms with Crippen molar-refractivity contribution in [3.63, 3.8) is 0 Å². The predicted molar refractivity (Wildman–Crippen MR) is 136 cm³/mol. The summed E-state index contributed by atoms with van der Waals surface area (Å²) in [6.07, 6.45) is 0. The van der Waals surface area contributed by atoms with Crippen LogP contribution in [-0.2, 0) is 4.79 Å². The van der Waals surface area contributed by atoms with E-state index in [4.69, 9.17) is 9.47 Å². The summed E-state index contributed by atoms with van der Waals surface area (Å²) in [7, 11) is 1.60. The minimum absolute atomic E-state index is 0.148. The Balaban J connectivity index is 1.49. The quantitative estimate of drug-likeness (QED) is 0.389. The Morgan fingerprint density at radius 3 is 2.57 bits per heavy atom. The van der Waals surface area contributed by atoms with Crippen molar-refractivity contribution < 1.29 is 14.3 Å². The molecule has 9 heteroatoms. The molecule has 0 fully saturated rings. The predicted octanol–water partition coefficient (Wildman–Crippen LogP) is 4.75. The van der Waals surface area contributed by atoms with Crippen LogP contribution in [0.25, 0.3) is 11.4 Å². The minimum atomic E-state index is -0.500. The molecule has 2 N–H and O–H groups in total. The maximum Gasteiger partial charge on any atom is 0.240 e. The van der Waals surface area contributed by atoms with E-state index in [0.29, 0.717) is 29.0 Å². The maximum absolute atomic E-state index is 13.5. The second kappa shape index (κ2) is 10.1. The Morgan fingerprint density at radius 2 is 1.83 bits per heavy atom. The van der Waals surface area contributed by atoms with Crippen LogP contribution in [0.1, 0.15) is 18.5 Å². The summed E-state index contributed by atoms with van der Waals surface area (Å²) in [5.74, 6) is 2.00. The summed E-state index contributed by atoms with van der Waals surface area (Å²) in [4.78, 5) is 13.5. The molecule has 4 aromatic rings. The Morgan fingerprint density at radius 1 is 1.03 bits per heavy atom. The van der Waals surface area contributed by atoms with Crippen LogP contribution in [0.2, 0.25) is 0 Å². The number of nitrogens with one attached hydrogen (secondary N) is 2. The molecule has 2 heterocycles. The fourth-order valence-corrected chi connectivity index (χ4v) is 5.01. The van der Waals surface area contributed by atoms with Crippen molar-refractivity contribution in [1.82, 2.24) is 14.9 Å². The molecule has 0 radical (unpaired) electrons. The van der Waals surface area contributed by atoms with Gasteiger partial charge in [-0.25, -0.2) is 4.68 Å². The molecule has 0 aliphatic carbocycles. The zero-order valence-corrected chi connectivity index (χ0v) is 20.2. The highest BCUT2D eigenvalue weighted by Crippen LogP contribution is 2.39. The number of hydrogen-bond donors (Lipinski definition) is 2. The van der Waals surface area contributed by atoms with Crippen molar-refractivity contribution in [2.75, 3.05) is 24.5 Å². The van der Waals surface area contributed by atoms with Gasteiger partial charge in [-0.1, -0.05) is 60.3 Å². The van der Waals surface area contributed by atoms with Crippen LogP contribution in [0.5, 0.6) is 11.5 Å². The van der Waals surface area contributed by atoms with Gasteiger partial charge >= 0.3 is 0 Å². The number of aromatic nitrogens is 3. The third-order valence-electron chi connectivity index (χ3n) is 5.61. The lowest BCUT2D eigenvalue weighted by Crippen LogP contribution is -2.41. The minimum Gasteiger partial charge on any atom is -0.497 e. The van der Waals surface area contributed by atoms with Gasteiger partial charge in [0.2, 0.25) is 11.1 Å². The van der Waals surface area contributed by atoms with Gasteiger partial charge in [0.15, 0.2) is 5.82 Å². The molecule has 1 aromatic heterocycles. The van der Waals surface area contributed by atoms with Crippen molar-refractivity contribution in [3.05, 3.63) is 84.4 Å². The smallest absolute Gasteiger partial charge is 0.240 e. The number of fused-ring (bicyclic) bond motifs is 1. The van der Waals surface area contributed by atoms with Gasteiger partial charge < -0.3 is 20.2 Å². The highest BCUT2D eigenvalue weighted by Gasteiger charge is 2.38.